The molecule has 0 radical (unpaired) electrons. The van der Waals surface area contributed by atoms with E-state index in [-0.39, 0.29) is 34.9 Å². The molecular formula is C46H51ClN6O8S. The number of rotatable bonds is 13. The summed E-state index contributed by atoms with van der Waals surface area (Å²) in [5.74, 6) is -0.382. The molecule has 2 saturated heterocycles. The van der Waals surface area contributed by atoms with Gasteiger partial charge in [0, 0.05) is 85.9 Å². The number of piperazine rings is 1. The third-order valence-electron chi connectivity index (χ3n) is 12.2. The SMILES string of the molecule is CC1(C)CCC(CN2CCN(c3ccc(C(=O)NS(=O)(=O)c4ccc(NC5CC(CO)CCO5)c([N+](=O)[O-])c4)c(Oc4cccc5[nH]ccc45)c3)CC2)=C(c2ccc(Cl)cc2)C1. The summed E-state index contributed by atoms with van der Waals surface area (Å²) in [6, 6.07) is 24.0. The number of nitrogens with zero attached hydrogens (tertiary/aromatic N) is 3. The molecule has 14 nitrogen and oxygen atoms in total. The lowest BCUT2D eigenvalue weighted by molar-refractivity contribution is -0.384. The number of aromatic nitrogens is 1. The third-order valence-corrected chi connectivity index (χ3v) is 13.8. The number of halogens is 1. The van der Waals surface area contributed by atoms with Crippen LogP contribution in [0.4, 0.5) is 17.1 Å². The molecule has 3 heterocycles. The highest BCUT2D eigenvalue weighted by Gasteiger charge is 2.31. The Hall–Kier alpha value is -5.45. The molecule has 2 aliphatic heterocycles. The molecule has 0 bridgehead atoms. The summed E-state index contributed by atoms with van der Waals surface area (Å²) < 4.78 is 41.7. The Morgan fingerprint density at radius 1 is 1.03 bits per heavy atom. The van der Waals surface area contributed by atoms with E-state index in [1.165, 1.54) is 28.8 Å². The first-order valence-corrected chi connectivity index (χ1v) is 22.8. The molecule has 8 rings (SSSR count). The second-order valence-corrected chi connectivity index (χ2v) is 19.2. The van der Waals surface area contributed by atoms with Crippen molar-refractivity contribution in [1.82, 2.24) is 14.6 Å². The van der Waals surface area contributed by atoms with Crippen LogP contribution in [-0.2, 0) is 14.8 Å². The van der Waals surface area contributed by atoms with Crippen LogP contribution in [0, 0.1) is 21.4 Å². The number of anilines is 2. The number of ether oxygens (including phenoxy) is 2. The van der Waals surface area contributed by atoms with E-state index in [1.54, 1.807) is 30.5 Å². The number of fused-ring (bicyclic) bond motifs is 1. The number of nitro groups is 1. The minimum absolute atomic E-state index is 0.0305. The summed E-state index contributed by atoms with van der Waals surface area (Å²) in [5, 5.41) is 26.2. The first kappa shape index (κ1) is 43.2. The van der Waals surface area contributed by atoms with Gasteiger partial charge < -0.3 is 29.8 Å². The number of H-pyrrole nitrogens is 1. The van der Waals surface area contributed by atoms with Crippen LogP contribution in [-0.4, -0.2) is 86.4 Å². The number of amides is 1. The highest BCUT2D eigenvalue weighted by Crippen LogP contribution is 2.44. The van der Waals surface area contributed by atoms with Gasteiger partial charge in [0.15, 0.2) is 0 Å². The normalized spacial score (nSPS) is 19.6. The van der Waals surface area contributed by atoms with E-state index in [0.29, 0.717) is 25.2 Å². The number of nitro benzene ring substituents is 1. The van der Waals surface area contributed by atoms with Crippen molar-refractivity contribution < 1.29 is 32.7 Å². The number of hydrogen-bond acceptors (Lipinski definition) is 11. The van der Waals surface area contributed by atoms with Gasteiger partial charge in [-0.05, 0) is 109 Å². The third kappa shape index (κ3) is 9.77. The van der Waals surface area contributed by atoms with E-state index in [1.807, 2.05) is 30.3 Å². The highest BCUT2D eigenvalue weighted by atomic mass is 35.5. The molecule has 5 aromatic rings. The van der Waals surface area contributed by atoms with Crippen LogP contribution in [0.25, 0.3) is 16.5 Å². The fourth-order valence-electron chi connectivity index (χ4n) is 8.63. The monoisotopic (exact) mass is 882 g/mol. The summed E-state index contributed by atoms with van der Waals surface area (Å²) in [4.78, 5) is 32.8. The lowest BCUT2D eigenvalue weighted by Gasteiger charge is -2.39. The molecule has 0 saturated carbocycles. The van der Waals surface area contributed by atoms with Crippen LogP contribution in [0.15, 0.2) is 102 Å². The number of aliphatic hydroxyl groups is 1. The van der Waals surface area contributed by atoms with Gasteiger partial charge in [-0.1, -0.05) is 49.2 Å². The van der Waals surface area contributed by atoms with Gasteiger partial charge in [0.1, 0.15) is 23.4 Å². The Balaban J connectivity index is 1.02. The number of aromatic amines is 1. The highest BCUT2D eigenvalue weighted by molar-refractivity contribution is 7.90. The van der Waals surface area contributed by atoms with E-state index in [9.17, 15) is 28.4 Å². The van der Waals surface area contributed by atoms with Gasteiger partial charge in [-0.3, -0.25) is 19.8 Å². The summed E-state index contributed by atoms with van der Waals surface area (Å²) in [6.07, 6.45) is 5.44. The molecule has 3 aliphatic rings. The summed E-state index contributed by atoms with van der Waals surface area (Å²) in [5.41, 5.74) is 5.46. The number of carbonyl (C=O) groups is 1. The molecule has 1 aromatic heterocycles. The maximum absolute atomic E-state index is 14.0. The Bertz CT molecular complexity index is 2610. The zero-order chi connectivity index (χ0) is 43.6. The maximum atomic E-state index is 14.0. The van der Waals surface area contributed by atoms with E-state index in [2.05, 4.69) is 50.8 Å². The molecule has 0 spiro atoms. The predicted molar refractivity (Wildman–Crippen MR) is 240 cm³/mol. The number of benzene rings is 4. The first-order chi connectivity index (χ1) is 29.7. The number of carbonyl (C=O) groups excluding carboxylic acids is 1. The van der Waals surface area contributed by atoms with Crippen molar-refractivity contribution in [3.8, 4) is 11.5 Å². The van der Waals surface area contributed by atoms with E-state index >= 15 is 0 Å². The zero-order valence-corrected chi connectivity index (χ0v) is 36.3. The standard InChI is InChI=1S/C46H51ClN6O8S/c1-46(2)17-14-32(38(27-46)31-6-8-33(47)9-7-31)28-51-19-21-52(22-20-51)34-10-12-37(43(25-34)61-42-5-3-4-39-36(42)15-18-48-39)45(55)50-62(58,59)35-11-13-40(41(26-35)53(56)57)49-44-24-30(29-54)16-23-60-44/h3-13,15,18,25-26,30,44,48-49,54H,14,16-17,19-24,27-29H2,1-2H3,(H,50,55). The molecular weight excluding hydrogens is 832 g/mol. The molecule has 2 atom stereocenters. The van der Waals surface area contributed by atoms with Crippen LogP contribution in [0.3, 0.4) is 0 Å². The van der Waals surface area contributed by atoms with Crippen molar-refractivity contribution in [2.45, 2.75) is 57.1 Å². The zero-order valence-electron chi connectivity index (χ0n) is 34.7. The molecule has 326 valence electrons. The number of sulfonamides is 1. The minimum atomic E-state index is -4.60. The van der Waals surface area contributed by atoms with Gasteiger partial charge >= 0.3 is 0 Å². The molecule has 2 unspecified atom stereocenters. The Morgan fingerprint density at radius 3 is 2.58 bits per heavy atom. The lowest BCUT2D eigenvalue weighted by Crippen LogP contribution is -2.47. The lowest BCUT2D eigenvalue weighted by atomic mass is 9.72. The van der Waals surface area contributed by atoms with Crippen LogP contribution >= 0.6 is 11.6 Å². The van der Waals surface area contributed by atoms with E-state index < -0.39 is 37.7 Å². The molecule has 4 aromatic carbocycles. The number of allylic oxidation sites excluding steroid dienone is 1. The van der Waals surface area contributed by atoms with Gasteiger partial charge in [0.05, 0.1) is 15.4 Å². The van der Waals surface area contributed by atoms with Gasteiger partial charge in [0.2, 0.25) is 0 Å². The molecule has 1 amide bonds. The summed E-state index contributed by atoms with van der Waals surface area (Å²) in [6.45, 7) is 8.95. The van der Waals surface area contributed by atoms with Crippen molar-refractivity contribution in [3.63, 3.8) is 0 Å². The Labute approximate surface area is 366 Å². The Morgan fingerprint density at radius 2 is 1.82 bits per heavy atom. The van der Waals surface area contributed by atoms with E-state index in [0.717, 1.165) is 79.7 Å². The first-order valence-electron chi connectivity index (χ1n) is 20.9. The van der Waals surface area contributed by atoms with Gasteiger partial charge in [-0.2, -0.15) is 0 Å². The maximum Gasteiger partial charge on any atom is 0.293 e. The molecule has 16 heteroatoms. The average molecular weight is 883 g/mol. The molecule has 2 fully saturated rings. The molecule has 1 aliphatic carbocycles. The van der Waals surface area contributed by atoms with Crippen molar-refractivity contribution >= 4 is 61.1 Å². The second kappa shape index (κ2) is 18.1. The van der Waals surface area contributed by atoms with Crippen molar-refractivity contribution in [1.29, 1.82) is 0 Å². The van der Waals surface area contributed by atoms with Crippen molar-refractivity contribution in [2.24, 2.45) is 11.3 Å². The quantitative estimate of drug-likeness (QED) is 0.0658. The number of hydrogen-bond donors (Lipinski definition) is 4. The molecule has 62 heavy (non-hydrogen) atoms. The second-order valence-electron chi connectivity index (χ2n) is 17.1. The van der Waals surface area contributed by atoms with Crippen LogP contribution in [0.5, 0.6) is 11.5 Å². The topological polar surface area (TPSA) is 179 Å². The number of nitrogens with one attached hydrogen (secondary N) is 3. The van der Waals surface area contributed by atoms with Crippen LogP contribution in [0.2, 0.25) is 5.02 Å². The van der Waals surface area contributed by atoms with E-state index in [4.69, 9.17) is 21.1 Å². The van der Waals surface area contributed by atoms with Crippen molar-refractivity contribution in [2.75, 3.05) is 56.2 Å². The van der Waals surface area contributed by atoms with Gasteiger partial charge in [-0.15, -0.1) is 0 Å². The fraction of sp³-hybridized carbons (Fsp3) is 0.370. The smallest absolute Gasteiger partial charge is 0.293 e. The van der Waals surface area contributed by atoms with Crippen LogP contribution < -0.4 is 19.7 Å². The van der Waals surface area contributed by atoms with Crippen molar-refractivity contribution in [3.05, 3.63) is 123 Å². The molecule has 4 N–H and O–H groups in total. The summed E-state index contributed by atoms with van der Waals surface area (Å²) in [7, 11) is -4.60. The predicted octanol–water partition coefficient (Wildman–Crippen LogP) is 8.58. The van der Waals surface area contributed by atoms with Gasteiger partial charge in [0.25, 0.3) is 21.6 Å². The van der Waals surface area contributed by atoms with Gasteiger partial charge in [-0.25, -0.2) is 13.1 Å². The fourth-order valence-corrected chi connectivity index (χ4v) is 9.75. The Kier molecular flexibility index (Phi) is 12.6. The summed E-state index contributed by atoms with van der Waals surface area (Å²) >= 11 is 6.24. The minimum Gasteiger partial charge on any atom is -0.456 e. The largest absolute Gasteiger partial charge is 0.456 e. The average Bonchev–Trinajstić information content (AvgIpc) is 3.75. The van der Waals surface area contributed by atoms with Crippen LogP contribution in [0.1, 0.15) is 61.9 Å². The number of aliphatic hydroxyl groups excluding tert-OH is 1.